The third-order valence-corrected chi connectivity index (χ3v) is 5.57. The zero-order valence-corrected chi connectivity index (χ0v) is 14.6. The summed E-state index contributed by atoms with van der Waals surface area (Å²) >= 11 is 0. The van der Waals surface area contributed by atoms with Crippen LogP contribution in [0, 0.1) is 0 Å². The smallest absolute Gasteiger partial charge is 0.226 e. The molecule has 25 heavy (non-hydrogen) atoms. The average molecular weight is 358 g/mol. The van der Waals surface area contributed by atoms with Crippen LogP contribution in [0.3, 0.4) is 0 Å². The molecule has 3 heterocycles. The third kappa shape index (κ3) is 3.20. The summed E-state index contributed by atoms with van der Waals surface area (Å²) in [4.78, 5) is 18.8. The number of aromatic nitrogens is 4. The first kappa shape index (κ1) is 16.0. The van der Waals surface area contributed by atoms with Crippen molar-refractivity contribution >= 4 is 27.0 Å². The number of hydrogen-bond donors (Lipinski definition) is 1. The molecular formula is C16H18N6O2S. The molecule has 1 aromatic carbocycles. The minimum Gasteiger partial charge on any atom is -0.338 e. The molecule has 3 aromatic rings. The van der Waals surface area contributed by atoms with Crippen LogP contribution in [0.5, 0.6) is 0 Å². The SMILES string of the molecule is CS(=O)(=O)N1CCN(c2nccc(-c3nc4ccccc4[nH]3)n2)CC1. The van der Waals surface area contributed by atoms with Gasteiger partial charge in [0.2, 0.25) is 16.0 Å². The topological polar surface area (TPSA) is 95.1 Å². The first-order chi connectivity index (χ1) is 12.0. The number of H-pyrrole nitrogens is 1. The fourth-order valence-electron chi connectivity index (χ4n) is 2.93. The molecule has 1 aliphatic rings. The second-order valence-corrected chi connectivity index (χ2v) is 7.98. The molecule has 1 aliphatic heterocycles. The number of sulfonamides is 1. The maximum absolute atomic E-state index is 11.6. The highest BCUT2D eigenvalue weighted by molar-refractivity contribution is 7.88. The lowest BCUT2D eigenvalue weighted by Crippen LogP contribution is -2.48. The van der Waals surface area contributed by atoms with E-state index in [-0.39, 0.29) is 0 Å². The molecule has 0 atom stereocenters. The van der Waals surface area contributed by atoms with Gasteiger partial charge in [-0.2, -0.15) is 4.31 Å². The number of anilines is 1. The molecule has 1 fully saturated rings. The predicted octanol–water partition coefficient (Wildman–Crippen LogP) is 1.10. The molecule has 0 saturated carbocycles. The van der Waals surface area contributed by atoms with Crippen molar-refractivity contribution in [1.82, 2.24) is 24.2 Å². The Morgan fingerprint density at radius 2 is 1.80 bits per heavy atom. The summed E-state index contributed by atoms with van der Waals surface area (Å²) in [7, 11) is -3.15. The minimum absolute atomic E-state index is 0.442. The van der Waals surface area contributed by atoms with Crippen LogP contribution in [-0.2, 0) is 10.0 Å². The maximum atomic E-state index is 11.6. The molecule has 0 spiro atoms. The van der Waals surface area contributed by atoms with Gasteiger partial charge in [0.05, 0.1) is 17.3 Å². The first-order valence-electron chi connectivity index (χ1n) is 7.99. The van der Waals surface area contributed by atoms with Gasteiger partial charge in [-0.05, 0) is 18.2 Å². The molecule has 1 N–H and O–H groups in total. The van der Waals surface area contributed by atoms with Crippen molar-refractivity contribution < 1.29 is 8.42 Å². The van der Waals surface area contributed by atoms with Gasteiger partial charge in [0.15, 0.2) is 5.82 Å². The molecule has 8 nitrogen and oxygen atoms in total. The Kier molecular flexibility index (Phi) is 3.89. The van der Waals surface area contributed by atoms with Crippen molar-refractivity contribution in [2.24, 2.45) is 0 Å². The molecule has 130 valence electrons. The summed E-state index contributed by atoms with van der Waals surface area (Å²) in [6.45, 7) is 2.02. The summed E-state index contributed by atoms with van der Waals surface area (Å²) in [6.07, 6.45) is 2.94. The van der Waals surface area contributed by atoms with Crippen molar-refractivity contribution in [1.29, 1.82) is 0 Å². The van der Waals surface area contributed by atoms with Crippen molar-refractivity contribution in [3.63, 3.8) is 0 Å². The third-order valence-electron chi connectivity index (χ3n) is 4.27. The molecule has 9 heteroatoms. The van der Waals surface area contributed by atoms with E-state index in [9.17, 15) is 8.42 Å². The Morgan fingerprint density at radius 3 is 2.52 bits per heavy atom. The highest BCUT2D eigenvalue weighted by atomic mass is 32.2. The van der Waals surface area contributed by atoms with Crippen LogP contribution in [0.1, 0.15) is 0 Å². The van der Waals surface area contributed by atoms with E-state index >= 15 is 0 Å². The molecule has 0 amide bonds. The van der Waals surface area contributed by atoms with Crippen LogP contribution in [0.2, 0.25) is 0 Å². The highest BCUT2D eigenvalue weighted by Gasteiger charge is 2.24. The summed E-state index contributed by atoms with van der Waals surface area (Å²) in [5.41, 5.74) is 2.56. The van der Waals surface area contributed by atoms with Gasteiger partial charge >= 0.3 is 0 Å². The van der Waals surface area contributed by atoms with Crippen LogP contribution < -0.4 is 4.90 Å². The van der Waals surface area contributed by atoms with Gasteiger partial charge in [0.25, 0.3) is 0 Å². The van der Waals surface area contributed by atoms with Gasteiger partial charge in [-0.1, -0.05) is 12.1 Å². The van der Waals surface area contributed by atoms with E-state index in [4.69, 9.17) is 0 Å². The molecule has 0 unspecified atom stereocenters. The molecular weight excluding hydrogens is 340 g/mol. The van der Waals surface area contributed by atoms with E-state index in [1.165, 1.54) is 10.6 Å². The van der Waals surface area contributed by atoms with Gasteiger partial charge in [0.1, 0.15) is 5.69 Å². The normalized spacial score (nSPS) is 16.4. The zero-order chi connectivity index (χ0) is 17.4. The number of para-hydroxylation sites is 2. The number of imidazole rings is 1. The van der Waals surface area contributed by atoms with E-state index < -0.39 is 10.0 Å². The van der Waals surface area contributed by atoms with Gasteiger partial charge < -0.3 is 9.88 Å². The number of fused-ring (bicyclic) bond motifs is 1. The summed E-state index contributed by atoms with van der Waals surface area (Å²) in [5.74, 6) is 1.28. The van der Waals surface area contributed by atoms with Crippen LogP contribution in [-0.4, -0.2) is 65.1 Å². The van der Waals surface area contributed by atoms with E-state index in [1.807, 2.05) is 35.2 Å². The van der Waals surface area contributed by atoms with Crippen molar-refractivity contribution in [2.75, 3.05) is 37.3 Å². The Labute approximate surface area is 145 Å². The number of rotatable bonds is 3. The largest absolute Gasteiger partial charge is 0.338 e. The summed E-state index contributed by atoms with van der Waals surface area (Å²) in [6, 6.07) is 9.63. The first-order valence-corrected chi connectivity index (χ1v) is 9.84. The van der Waals surface area contributed by atoms with Crippen LogP contribution in [0.15, 0.2) is 36.5 Å². The maximum Gasteiger partial charge on any atom is 0.226 e. The number of nitrogens with one attached hydrogen (secondary N) is 1. The number of nitrogens with zero attached hydrogens (tertiary/aromatic N) is 5. The number of hydrogen-bond acceptors (Lipinski definition) is 6. The molecule has 0 bridgehead atoms. The summed E-state index contributed by atoms with van der Waals surface area (Å²) < 4.78 is 24.7. The standard InChI is InChI=1S/C16H18N6O2S/c1-25(23,24)22-10-8-21(9-11-22)16-17-7-6-14(20-16)15-18-12-4-2-3-5-13(12)19-15/h2-7H,8-11H2,1H3,(H,18,19). The fraction of sp³-hybridized carbons (Fsp3) is 0.312. The number of aromatic amines is 1. The van der Waals surface area contributed by atoms with Gasteiger partial charge in [-0.25, -0.2) is 23.4 Å². The van der Waals surface area contributed by atoms with E-state index in [0.717, 1.165) is 11.0 Å². The van der Waals surface area contributed by atoms with Crippen LogP contribution in [0.4, 0.5) is 5.95 Å². The lowest BCUT2D eigenvalue weighted by atomic mass is 10.3. The second-order valence-electron chi connectivity index (χ2n) is 5.99. The Bertz CT molecular complexity index is 975. The van der Waals surface area contributed by atoms with Gasteiger partial charge in [-0.15, -0.1) is 0 Å². The van der Waals surface area contributed by atoms with Crippen molar-refractivity contribution in [2.45, 2.75) is 0 Å². The number of piperazine rings is 1. The molecule has 2 aromatic heterocycles. The van der Waals surface area contributed by atoms with Crippen LogP contribution >= 0.6 is 0 Å². The highest BCUT2D eigenvalue weighted by Crippen LogP contribution is 2.20. The monoisotopic (exact) mass is 358 g/mol. The number of benzene rings is 1. The van der Waals surface area contributed by atoms with Gasteiger partial charge in [0, 0.05) is 32.4 Å². The predicted molar refractivity (Wildman–Crippen MR) is 95.7 cm³/mol. The Hall–Kier alpha value is -2.52. The average Bonchev–Trinajstić information content (AvgIpc) is 3.05. The van der Waals surface area contributed by atoms with E-state index in [0.29, 0.717) is 43.6 Å². The van der Waals surface area contributed by atoms with E-state index in [1.54, 1.807) is 6.20 Å². The zero-order valence-electron chi connectivity index (χ0n) is 13.8. The fourth-order valence-corrected chi connectivity index (χ4v) is 3.75. The Morgan fingerprint density at radius 1 is 1.04 bits per heavy atom. The molecule has 4 rings (SSSR count). The van der Waals surface area contributed by atoms with E-state index in [2.05, 4.69) is 19.9 Å². The summed E-state index contributed by atoms with van der Waals surface area (Å²) in [5, 5.41) is 0. The van der Waals surface area contributed by atoms with Gasteiger partial charge in [-0.3, -0.25) is 0 Å². The molecule has 0 aliphatic carbocycles. The molecule has 1 saturated heterocycles. The van der Waals surface area contributed by atoms with Crippen LogP contribution in [0.25, 0.3) is 22.6 Å². The lowest BCUT2D eigenvalue weighted by Gasteiger charge is -2.33. The lowest BCUT2D eigenvalue weighted by molar-refractivity contribution is 0.385. The quantitative estimate of drug-likeness (QED) is 0.753. The minimum atomic E-state index is -3.15. The van der Waals surface area contributed by atoms with Crippen molar-refractivity contribution in [3.8, 4) is 11.5 Å². The van der Waals surface area contributed by atoms with Crippen molar-refractivity contribution in [3.05, 3.63) is 36.5 Å². The Balaban J connectivity index is 1.58. The second kappa shape index (κ2) is 6.08. The molecule has 0 radical (unpaired) electrons.